The molecule has 0 saturated heterocycles. The Hall–Kier alpha value is 0.500. The van der Waals surface area contributed by atoms with Crippen molar-refractivity contribution in [2.75, 3.05) is 0 Å². The Kier molecular flexibility index (Phi) is 2.28. The van der Waals surface area contributed by atoms with E-state index >= 15 is 0 Å². The van der Waals surface area contributed by atoms with Crippen LogP contribution in [0.5, 0.6) is 0 Å². The van der Waals surface area contributed by atoms with Gasteiger partial charge in [-0.05, 0) is 0 Å². The molecule has 58 valence electrons. The number of halogens is 2. The maximum absolute atomic E-state index is 4.33. The molecule has 0 unspecified atom stereocenters. The van der Waals surface area contributed by atoms with E-state index in [4.69, 9.17) is 0 Å². The van der Waals surface area contributed by atoms with E-state index in [0.29, 0.717) is 0 Å². The summed E-state index contributed by atoms with van der Waals surface area (Å²) >= 11 is 4.44. The smallest absolute Gasteiger partial charge is 0.190 e. The molecule has 2 rings (SSSR count). The first kappa shape index (κ1) is 8.11. The molecule has 0 N–H and O–H groups in total. The van der Waals surface area contributed by atoms with Gasteiger partial charge in [0, 0.05) is 63.8 Å². The Bertz CT molecular complexity index is 289. The Labute approximate surface area is 92.2 Å². The van der Waals surface area contributed by atoms with Crippen LogP contribution in [0.1, 0.15) is 11.3 Å². The van der Waals surface area contributed by atoms with Crippen molar-refractivity contribution in [2.24, 2.45) is 0 Å². The van der Waals surface area contributed by atoms with Crippen LogP contribution in [0.3, 0.4) is 0 Å². The number of hydrogen-bond donors (Lipinski definition) is 0. The molecular weight excluding hydrogens is 368 g/mol. The minimum absolute atomic E-state index is 0.841. The van der Waals surface area contributed by atoms with Gasteiger partial charge in [0.05, 0.1) is 12.2 Å². The molecule has 5 heteroatoms. The summed E-state index contributed by atoms with van der Waals surface area (Å²) in [6, 6.07) is 0. The number of nitrogens with zero attached hydrogens (tertiary/aromatic N) is 3. The molecular formula is C6H5I2N3. The molecule has 0 saturated carbocycles. The zero-order valence-electron chi connectivity index (χ0n) is 5.59. The normalized spacial score (nSPS) is 16.9. The van der Waals surface area contributed by atoms with Crippen molar-refractivity contribution in [1.29, 1.82) is 0 Å². The fraction of sp³-hybridized carbons (Fsp3) is 0.333. The van der Waals surface area contributed by atoms with Gasteiger partial charge < -0.3 is 0 Å². The third-order valence-corrected chi connectivity index (χ3v) is 2.79. The van der Waals surface area contributed by atoms with Crippen molar-refractivity contribution in [3.8, 4) is 0 Å². The summed E-state index contributed by atoms with van der Waals surface area (Å²) in [5.74, 6) is 0. The first-order valence-corrected chi connectivity index (χ1v) is 5.21. The van der Waals surface area contributed by atoms with Gasteiger partial charge in [0.25, 0.3) is 0 Å². The van der Waals surface area contributed by atoms with E-state index in [1.165, 1.54) is 11.3 Å². The summed E-state index contributed by atoms with van der Waals surface area (Å²) in [5, 5.41) is 0. The summed E-state index contributed by atoms with van der Waals surface area (Å²) in [5.41, 5.74) is 2.44. The van der Waals surface area contributed by atoms with E-state index in [1.54, 1.807) is 0 Å². The molecule has 1 aliphatic heterocycles. The van der Waals surface area contributed by atoms with Crippen LogP contribution in [0.15, 0.2) is 6.20 Å². The van der Waals surface area contributed by atoms with Crippen molar-refractivity contribution in [1.82, 2.24) is 13.1 Å². The maximum Gasteiger partial charge on any atom is 0.190 e. The van der Waals surface area contributed by atoms with Crippen LogP contribution >= 0.6 is 45.5 Å². The summed E-state index contributed by atoms with van der Waals surface area (Å²) in [4.78, 5) is 8.46. The monoisotopic (exact) mass is 373 g/mol. The van der Waals surface area contributed by atoms with Gasteiger partial charge in [0.2, 0.25) is 0 Å². The molecule has 3 nitrogen and oxygen atoms in total. The lowest BCUT2D eigenvalue weighted by Crippen LogP contribution is -1.98. The molecule has 11 heavy (non-hydrogen) atoms. The van der Waals surface area contributed by atoms with Crippen LogP contribution in [-0.2, 0) is 13.1 Å². The molecule has 0 bridgehead atoms. The van der Waals surface area contributed by atoms with E-state index in [0.717, 1.165) is 16.9 Å². The standard InChI is InChI=1S/C6H5I2N3/c7-6-9-1-4-2-11(8)3-5(4)10-6/h1H,2-3H2. The largest absolute Gasteiger partial charge is 0.237 e. The van der Waals surface area contributed by atoms with Gasteiger partial charge in [0.15, 0.2) is 3.83 Å². The Morgan fingerprint density at radius 3 is 3.09 bits per heavy atom. The van der Waals surface area contributed by atoms with Gasteiger partial charge in [-0.2, -0.15) is 0 Å². The molecule has 0 spiro atoms. The fourth-order valence-electron chi connectivity index (χ4n) is 1.09. The molecule has 0 aromatic carbocycles. The molecule has 0 amide bonds. The number of aromatic nitrogens is 2. The molecule has 0 radical (unpaired) electrons. The van der Waals surface area contributed by atoms with Gasteiger partial charge in [-0.3, -0.25) is 0 Å². The van der Waals surface area contributed by atoms with E-state index in [1.807, 2.05) is 6.20 Å². The van der Waals surface area contributed by atoms with Crippen LogP contribution in [0, 0.1) is 3.83 Å². The van der Waals surface area contributed by atoms with Gasteiger partial charge in [0.1, 0.15) is 0 Å². The molecule has 0 aliphatic carbocycles. The maximum atomic E-state index is 4.33. The molecule has 0 fully saturated rings. The average molecular weight is 373 g/mol. The quantitative estimate of drug-likeness (QED) is 0.394. The Morgan fingerprint density at radius 2 is 2.27 bits per heavy atom. The van der Waals surface area contributed by atoms with Crippen LogP contribution < -0.4 is 0 Å². The summed E-state index contributed by atoms with van der Waals surface area (Å²) < 4.78 is 3.04. The average Bonchev–Trinajstić information content (AvgIpc) is 2.27. The fourth-order valence-corrected chi connectivity index (χ4v) is 2.21. The van der Waals surface area contributed by atoms with Crippen molar-refractivity contribution in [3.63, 3.8) is 0 Å². The zero-order chi connectivity index (χ0) is 7.84. The van der Waals surface area contributed by atoms with Crippen LogP contribution in [0.4, 0.5) is 0 Å². The molecule has 1 aliphatic rings. The number of fused-ring (bicyclic) bond motifs is 1. The highest BCUT2D eigenvalue weighted by atomic mass is 127. The third kappa shape index (κ3) is 1.64. The van der Waals surface area contributed by atoms with Gasteiger partial charge >= 0.3 is 0 Å². The highest BCUT2D eigenvalue weighted by molar-refractivity contribution is 14.1. The zero-order valence-corrected chi connectivity index (χ0v) is 9.90. The highest BCUT2D eigenvalue weighted by Crippen LogP contribution is 2.22. The first-order chi connectivity index (χ1) is 5.25. The van der Waals surface area contributed by atoms with Crippen LogP contribution in [0.2, 0.25) is 0 Å². The van der Waals surface area contributed by atoms with Crippen molar-refractivity contribution >= 4 is 45.5 Å². The summed E-state index contributed by atoms with van der Waals surface area (Å²) in [6.07, 6.45) is 1.92. The Morgan fingerprint density at radius 1 is 1.45 bits per heavy atom. The van der Waals surface area contributed by atoms with Crippen LogP contribution in [-0.4, -0.2) is 13.1 Å². The highest BCUT2D eigenvalue weighted by Gasteiger charge is 2.18. The lowest BCUT2D eigenvalue weighted by atomic mass is 10.3. The second-order valence-electron chi connectivity index (χ2n) is 2.39. The lowest BCUT2D eigenvalue weighted by molar-refractivity contribution is 0.550. The SMILES string of the molecule is Ic1ncc2c(n1)CN(I)C2. The summed E-state index contributed by atoms with van der Waals surface area (Å²) in [6.45, 7) is 1.93. The van der Waals surface area contributed by atoms with E-state index in [9.17, 15) is 0 Å². The molecule has 0 atom stereocenters. The molecule has 1 aromatic rings. The second-order valence-corrected chi connectivity index (χ2v) is 4.72. The van der Waals surface area contributed by atoms with Gasteiger partial charge in [-0.1, -0.05) is 0 Å². The van der Waals surface area contributed by atoms with Crippen molar-refractivity contribution in [3.05, 3.63) is 21.3 Å². The van der Waals surface area contributed by atoms with E-state index in [2.05, 4.69) is 58.5 Å². The van der Waals surface area contributed by atoms with E-state index in [-0.39, 0.29) is 0 Å². The Balaban J connectivity index is 2.43. The number of hydrogen-bond acceptors (Lipinski definition) is 3. The van der Waals surface area contributed by atoms with Gasteiger partial charge in [-0.15, -0.1) is 0 Å². The van der Waals surface area contributed by atoms with Crippen LogP contribution in [0.25, 0.3) is 0 Å². The molecule has 1 aromatic heterocycles. The topological polar surface area (TPSA) is 29.0 Å². The first-order valence-electron chi connectivity index (χ1n) is 3.17. The predicted molar refractivity (Wildman–Crippen MR) is 58.0 cm³/mol. The summed E-state index contributed by atoms with van der Waals surface area (Å²) in [7, 11) is 0. The van der Waals surface area contributed by atoms with Crippen molar-refractivity contribution in [2.45, 2.75) is 13.1 Å². The third-order valence-electron chi connectivity index (χ3n) is 1.59. The minimum atomic E-state index is 0.841. The number of rotatable bonds is 0. The predicted octanol–water partition coefficient (Wildman–Crippen LogP) is 1.75. The minimum Gasteiger partial charge on any atom is -0.237 e. The lowest BCUT2D eigenvalue weighted by Gasteiger charge is -1.98. The molecule has 2 heterocycles. The van der Waals surface area contributed by atoms with Gasteiger partial charge in [-0.25, -0.2) is 13.1 Å². The second kappa shape index (κ2) is 3.09. The van der Waals surface area contributed by atoms with Crippen molar-refractivity contribution < 1.29 is 0 Å². The van der Waals surface area contributed by atoms with E-state index < -0.39 is 0 Å².